The molecule has 0 fully saturated rings. The van der Waals surface area contributed by atoms with Crippen LogP contribution in [0.1, 0.15) is 0 Å². The lowest BCUT2D eigenvalue weighted by atomic mass is 10.2. The summed E-state index contributed by atoms with van der Waals surface area (Å²) in [5.74, 6) is 0. The van der Waals surface area contributed by atoms with Gasteiger partial charge < -0.3 is 0 Å². The molecule has 16 heavy (non-hydrogen) atoms. The maximum Gasteiger partial charge on any atom is 0.0983 e. The van der Waals surface area contributed by atoms with Gasteiger partial charge in [0.15, 0.2) is 0 Å². The zero-order valence-corrected chi connectivity index (χ0v) is 9.81. The molecule has 0 unspecified atom stereocenters. The van der Waals surface area contributed by atoms with Crippen LogP contribution >= 0.6 is 11.6 Å². The summed E-state index contributed by atoms with van der Waals surface area (Å²) >= 11 is 5.90. The average molecular weight is 235 g/mol. The Labute approximate surface area is 98.5 Å². The van der Waals surface area contributed by atoms with Crippen LogP contribution in [0.3, 0.4) is 0 Å². The van der Waals surface area contributed by atoms with Crippen molar-refractivity contribution in [2.45, 2.75) is 0 Å². The minimum atomic E-state index is 0.668. The molecule has 0 N–H and O–H groups in total. The first-order valence-corrected chi connectivity index (χ1v) is 5.18. The molecule has 1 heterocycles. The molecule has 1 aromatic heterocycles. The van der Waals surface area contributed by atoms with Crippen molar-refractivity contribution in [3.05, 3.63) is 35.5 Å². The monoisotopic (exact) mass is 234 g/mol. The van der Waals surface area contributed by atoms with Crippen molar-refractivity contribution < 1.29 is 0 Å². The van der Waals surface area contributed by atoms with Crippen molar-refractivity contribution in [1.82, 2.24) is 9.99 Å². The van der Waals surface area contributed by atoms with Crippen LogP contribution in [0.4, 0.5) is 5.69 Å². The Kier molecular flexibility index (Phi) is 3.01. The van der Waals surface area contributed by atoms with Crippen LogP contribution in [0.5, 0.6) is 0 Å². The van der Waals surface area contributed by atoms with Crippen molar-refractivity contribution in [3.63, 3.8) is 0 Å². The summed E-state index contributed by atoms with van der Waals surface area (Å²) in [5.41, 5.74) is 1.61. The highest BCUT2D eigenvalue weighted by molar-refractivity contribution is 6.31. The van der Waals surface area contributed by atoms with Gasteiger partial charge in [-0.3, -0.25) is 9.99 Å². The zero-order valence-electron chi connectivity index (χ0n) is 9.05. The maximum absolute atomic E-state index is 5.90. The number of rotatable bonds is 2. The molecular formula is C11H11ClN4. The third-order valence-electron chi connectivity index (χ3n) is 2.01. The van der Waals surface area contributed by atoms with Gasteiger partial charge in [0.1, 0.15) is 0 Å². The smallest absolute Gasteiger partial charge is 0.0983 e. The van der Waals surface area contributed by atoms with E-state index in [4.69, 9.17) is 11.6 Å². The number of hydrogen-bond acceptors (Lipinski definition) is 3. The lowest BCUT2D eigenvalue weighted by Crippen LogP contribution is -1.98. The molecule has 5 heteroatoms. The largest absolute Gasteiger partial charge is 0.285 e. The summed E-state index contributed by atoms with van der Waals surface area (Å²) in [7, 11) is 3.65. The molecule has 0 aliphatic carbocycles. The number of benzene rings is 1. The average Bonchev–Trinajstić information content (AvgIpc) is 2.25. The second-order valence-electron chi connectivity index (χ2n) is 3.53. The Morgan fingerprint density at radius 3 is 2.81 bits per heavy atom. The van der Waals surface area contributed by atoms with Crippen molar-refractivity contribution in [2.75, 3.05) is 14.1 Å². The fourth-order valence-corrected chi connectivity index (χ4v) is 1.50. The highest BCUT2D eigenvalue weighted by atomic mass is 35.5. The summed E-state index contributed by atoms with van der Waals surface area (Å²) in [4.78, 5) is 4.23. The van der Waals surface area contributed by atoms with Gasteiger partial charge in [-0.2, -0.15) is 0 Å². The molecule has 0 saturated heterocycles. The van der Waals surface area contributed by atoms with Crippen LogP contribution in [0, 0.1) is 0 Å². The number of halogens is 1. The maximum atomic E-state index is 5.90. The molecule has 82 valence electrons. The van der Waals surface area contributed by atoms with E-state index >= 15 is 0 Å². The molecule has 0 radical (unpaired) electrons. The number of aromatic nitrogens is 1. The molecule has 0 saturated carbocycles. The quantitative estimate of drug-likeness (QED) is 0.590. The topological polar surface area (TPSA) is 40.9 Å². The summed E-state index contributed by atoms with van der Waals surface area (Å²) < 4.78 is 0. The molecule has 0 amide bonds. The summed E-state index contributed by atoms with van der Waals surface area (Å²) in [5, 5.41) is 11.3. The molecule has 0 bridgehead atoms. The molecule has 0 aliphatic rings. The number of fused-ring (bicyclic) bond motifs is 1. The van der Waals surface area contributed by atoms with Gasteiger partial charge in [-0.15, -0.1) is 5.11 Å². The van der Waals surface area contributed by atoms with Gasteiger partial charge in [0, 0.05) is 30.7 Å². The first-order chi connectivity index (χ1) is 7.66. The third-order valence-corrected chi connectivity index (χ3v) is 2.25. The third kappa shape index (κ3) is 2.28. The van der Waals surface area contributed by atoms with E-state index in [0.29, 0.717) is 5.02 Å². The fourth-order valence-electron chi connectivity index (χ4n) is 1.33. The molecule has 1 aromatic carbocycles. The van der Waals surface area contributed by atoms with E-state index in [1.165, 1.54) is 0 Å². The lowest BCUT2D eigenvalue weighted by Gasteiger charge is -2.03. The number of hydrogen-bond donors (Lipinski definition) is 0. The Morgan fingerprint density at radius 2 is 2.06 bits per heavy atom. The van der Waals surface area contributed by atoms with Gasteiger partial charge >= 0.3 is 0 Å². The van der Waals surface area contributed by atoms with E-state index < -0.39 is 0 Å². The van der Waals surface area contributed by atoms with Crippen molar-refractivity contribution in [3.8, 4) is 0 Å². The predicted octanol–water partition coefficient (Wildman–Crippen LogP) is 3.45. The molecule has 4 nitrogen and oxygen atoms in total. The van der Waals surface area contributed by atoms with E-state index in [-0.39, 0.29) is 0 Å². The highest BCUT2D eigenvalue weighted by Crippen LogP contribution is 2.26. The van der Waals surface area contributed by atoms with Crippen LogP contribution in [0.25, 0.3) is 10.9 Å². The van der Waals surface area contributed by atoms with Gasteiger partial charge in [0.2, 0.25) is 0 Å². The molecule has 0 spiro atoms. The van der Waals surface area contributed by atoms with E-state index in [9.17, 15) is 0 Å². The molecule has 2 aromatic rings. The van der Waals surface area contributed by atoms with E-state index in [2.05, 4.69) is 15.3 Å². The highest BCUT2D eigenvalue weighted by Gasteiger charge is 2.01. The van der Waals surface area contributed by atoms with Crippen LogP contribution < -0.4 is 0 Å². The minimum Gasteiger partial charge on any atom is -0.285 e. The van der Waals surface area contributed by atoms with Crippen molar-refractivity contribution in [2.24, 2.45) is 10.3 Å². The van der Waals surface area contributed by atoms with Gasteiger partial charge in [-0.1, -0.05) is 16.8 Å². The van der Waals surface area contributed by atoms with Gasteiger partial charge in [0.05, 0.1) is 11.2 Å². The van der Waals surface area contributed by atoms with Gasteiger partial charge in [-0.25, -0.2) is 0 Å². The van der Waals surface area contributed by atoms with E-state index in [0.717, 1.165) is 16.6 Å². The minimum absolute atomic E-state index is 0.668. The SMILES string of the molecule is CN(C)N=Nc1ccnc2cc(Cl)ccc12. The van der Waals surface area contributed by atoms with Crippen LogP contribution in [0.15, 0.2) is 40.8 Å². The van der Waals surface area contributed by atoms with Gasteiger partial charge in [0.25, 0.3) is 0 Å². The Morgan fingerprint density at radius 1 is 1.25 bits per heavy atom. The Balaban J connectivity index is 2.54. The summed E-state index contributed by atoms with van der Waals surface area (Å²) in [6, 6.07) is 7.35. The summed E-state index contributed by atoms with van der Waals surface area (Å²) in [6.45, 7) is 0. The van der Waals surface area contributed by atoms with E-state index in [1.807, 2.05) is 38.4 Å². The second-order valence-corrected chi connectivity index (χ2v) is 3.96. The van der Waals surface area contributed by atoms with Crippen molar-refractivity contribution >= 4 is 28.2 Å². The molecule has 2 rings (SSSR count). The first kappa shape index (κ1) is 10.8. The number of nitrogens with zero attached hydrogens (tertiary/aromatic N) is 4. The van der Waals surface area contributed by atoms with Gasteiger partial charge in [-0.05, 0) is 24.3 Å². The zero-order chi connectivity index (χ0) is 11.5. The van der Waals surface area contributed by atoms with Crippen molar-refractivity contribution in [1.29, 1.82) is 0 Å². The van der Waals surface area contributed by atoms with E-state index in [1.54, 1.807) is 11.2 Å². The Bertz CT molecular complexity index is 536. The standard InChI is InChI=1S/C11H11ClN4/c1-16(2)15-14-10-5-6-13-11-7-8(12)3-4-9(10)11/h3-7H,1-2H3. The molecule has 0 aliphatic heterocycles. The number of pyridine rings is 1. The van der Waals surface area contributed by atoms with Crippen LogP contribution in [0.2, 0.25) is 5.02 Å². The molecule has 0 atom stereocenters. The molecular weight excluding hydrogens is 224 g/mol. The van der Waals surface area contributed by atoms with Crippen LogP contribution in [-0.4, -0.2) is 24.1 Å². The lowest BCUT2D eigenvalue weighted by molar-refractivity contribution is 0.408. The first-order valence-electron chi connectivity index (χ1n) is 4.80. The van der Waals surface area contributed by atoms with Crippen LogP contribution in [-0.2, 0) is 0 Å². The second kappa shape index (κ2) is 4.45. The fraction of sp³-hybridized carbons (Fsp3) is 0.182. The predicted molar refractivity (Wildman–Crippen MR) is 65.0 cm³/mol. The normalized spacial score (nSPS) is 11.2. The summed E-state index contributed by atoms with van der Waals surface area (Å²) in [6.07, 6.45) is 1.70. The Hall–Kier alpha value is -1.68.